The largest absolute Gasteiger partial charge is 0.496 e. The molecule has 30 heavy (non-hydrogen) atoms. The molecule has 0 saturated carbocycles. The number of hydrogen-bond acceptors (Lipinski definition) is 5. The van der Waals surface area contributed by atoms with Crippen molar-refractivity contribution in [2.75, 3.05) is 14.2 Å². The minimum absolute atomic E-state index is 0.632. The molecule has 0 radical (unpaired) electrons. The molecule has 0 aliphatic carbocycles. The summed E-state index contributed by atoms with van der Waals surface area (Å²) in [6.07, 6.45) is 2.74. The van der Waals surface area contributed by atoms with Gasteiger partial charge in [-0.1, -0.05) is 42.5 Å². The number of hydrogen-bond donors (Lipinski definition) is 0. The Morgan fingerprint density at radius 2 is 1.60 bits per heavy atom. The van der Waals surface area contributed by atoms with E-state index >= 15 is 0 Å². The van der Waals surface area contributed by atoms with Gasteiger partial charge < -0.3 is 9.47 Å². The Bertz CT molecular complexity index is 1200. The van der Waals surface area contributed by atoms with Gasteiger partial charge in [0.25, 0.3) is 0 Å². The van der Waals surface area contributed by atoms with Crippen LogP contribution in [0.3, 0.4) is 0 Å². The molecule has 6 heteroatoms. The zero-order valence-corrected chi connectivity index (χ0v) is 17.0. The van der Waals surface area contributed by atoms with E-state index in [2.05, 4.69) is 50.1 Å². The summed E-state index contributed by atoms with van der Waals surface area (Å²) < 4.78 is 13.0. The number of ether oxygens (including phenoxy) is 2. The van der Waals surface area contributed by atoms with Crippen LogP contribution < -0.4 is 9.47 Å². The van der Waals surface area contributed by atoms with Gasteiger partial charge >= 0.3 is 0 Å². The second kappa shape index (κ2) is 7.63. The van der Waals surface area contributed by atoms with E-state index in [1.807, 2.05) is 30.3 Å². The monoisotopic (exact) mass is 398 g/mol. The molecule has 3 heterocycles. The van der Waals surface area contributed by atoms with Crippen molar-refractivity contribution in [2.45, 2.75) is 19.3 Å². The maximum absolute atomic E-state index is 5.50. The molecule has 5 rings (SSSR count). The molecule has 6 nitrogen and oxygen atoms in total. The van der Waals surface area contributed by atoms with E-state index in [1.165, 1.54) is 0 Å². The van der Waals surface area contributed by atoms with E-state index in [0.717, 1.165) is 64.7 Å². The minimum atomic E-state index is 0.632. The van der Waals surface area contributed by atoms with Crippen LogP contribution in [0.25, 0.3) is 28.2 Å². The maximum Gasteiger partial charge on any atom is 0.213 e. The molecule has 0 fully saturated rings. The van der Waals surface area contributed by atoms with Crippen LogP contribution in [0.2, 0.25) is 0 Å². The fraction of sp³-hybridized carbons (Fsp3) is 0.208. The molecule has 4 aromatic rings. The Hall–Kier alpha value is -3.67. The lowest BCUT2D eigenvalue weighted by Crippen LogP contribution is -2.05. The van der Waals surface area contributed by atoms with Crippen molar-refractivity contribution in [2.24, 2.45) is 0 Å². The Balaban J connectivity index is 1.58. The average molecular weight is 398 g/mol. The van der Waals surface area contributed by atoms with Crippen LogP contribution in [0.5, 0.6) is 11.6 Å². The fourth-order valence-corrected chi connectivity index (χ4v) is 3.99. The summed E-state index contributed by atoms with van der Waals surface area (Å²) >= 11 is 0. The van der Waals surface area contributed by atoms with Crippen molar-refractivity contribution in [3.05, 3.63) is 72.2 Å². The lowest BCUT2D eigenvalue weighted by atomic mass is 10.0. The molecule has 0 saturated heterocycles. The summed E-state index contributed by atoms with van der Waals surface area (Å²) in [7, 11) is 3.34. The van der Waals surface area contributed by atoms with Gasteiger partial charge in [-0.25, -0.2) is 4.98 Å². The molecular formula is C24H22N4O2. The molecule has 0 unspecified atom stereocenters. The number of nitrogens with zero attached hydrogens (tertiary/aromatic N) is 4. The fourth-order valence-electron chi connectivity index (χ4n) is 3.99. The molecule has 2 aromatic carbocycles. The summed E-state index contributed by atoms with van der Waals surface area (Å²) in [6.45, 7) is 0. The molecule has 1 aliphatic rings. The zero-order chi connectivity index (χ0) is 20.5. The van der Waals surface area contributed by atoms with Gasteiger partial charge in [0.05, 0.1) is 25.6 Å². The van der Waals surface area contributed by atoms with E-state index in [-0.39, 0.29) is 0 Å². The quantitative estimate of drug-likeness (QED) is 0.506. The molecule has 150 valence electrons. The summed E-state index contributed by atoms with van der Waals surface area (Å²) in [6, 6.07) is 20.3. The third-order valence-corrected chi connectivity index (χ3v) is 5.48. The Kier molecular flexibility index (Phi) is 4.67. The van der Waals surface area contributed by atoms with Gasteiger partial charge in [-0.3, -0.25) is 4.57 Å². The van der Waals surface area contributed by atoms with Crippen molar-refractivity contribution >= 4 is 0 Å². The number of aromatic nitrogens is 4. The topological polar surface area (TPSA) is 62.1 Å². The van der Waals surface area contributed by atoms with Crippen LogP contribution in [0.15, 0.2) is 60.7 Å². The third kappa shape index (κ3) is 3.10. The predicted octanol–water partition coefficient (Wildman–Crippen LogP) is 4.50. The molecule has 0 amide bonds. The van der Waals surface area contributed by atoms with Crippen molar-refractivity contribution in [3.8, 4) is 39.8 Å². The van der Waals surface area contributed by atoms with Gasteiger partial charge in [0, 0.05) is 23.6 Å². The van der Waals surface area contributed by atoms with Gasteiger partial charge in [0.1, 0.15) is 11.6 Å². The summed E-state index contributed by atoms with van der Waals surface area (Å²) in [5, 5.41) is 8.99. The highest BCUT2D eigenvalue weighted by molar-refractivity contribution is 5.73. The molecule has 2 aromatic heterocycles. The second-order valence-electron chi connectivity index (χ2n) is 7.23. The summed E-state index contributed by atoms with van der Waals surface area (Å²) in [5.41, 5.74) is 5.21. The highest BCUT2D eigenvalue weighted by atomic mass is 16.5. The first kappa shape index (κ1) is 18.4. The molecule has 0 bridgehead atoms. The van der Waals surface area contributed by atoms with Crippen LogP contribution >= 0.6 is 0 Å². The van der Waals surface area contributed by atoms with Gasteiger partial charge in [0.2, 0.25) is 5.88 Å². The van der Waals surface area contributed by atoms with Crippen LogP contribution in [-0.4, -0.2) is 34.0 Å². The Morgan fingerprint density at radius 3 is 2.40 bits per heavy atom. The third-order valence-electron chi connectivity index (χ3n) is 5.48. The summed E-state index contributed by atoms with van der Waals surface area (Å²) in [4.78, 5) is 4.67. The number of rotatable bonds is 4. The first-order valence-corrected chi connectivity index (χ1v) is 10.0. The molecular weight excluding hydrogens is 376 g/mol. The first-order chi connectivity index (χ1) is 14.8. The lowest BCUT2D eigenvalue weighted by molar-refractivity contribution is 0.396. The Labute approximate surface area is 175 Å². The van der Waals surface area contributed by atoms with E-state index in [9.17, 15) is 0 Å². The van der Waals surface area contributed by atoms with Crippen molar-refractivity contribution in [1.82, 2.24) is 19.7 Å². The van der Waals surface area contributed by atoms with Gasteiger partial charge in [-0.05, 0) is 30.5 Å². The van der Waals surface area contributed by atoms with Crippen molar-refractivity contribution in [3.63, 3.8) is 0 Å². The lowest BCUT2D eigenvalue weighted by Gasteiger charge is -2.13. The molecule has 0 atom stereocenters. The number of benzene rings is 2. The van der Waals surface area contributed by atoms with Crippen molar-refractivity contribution < 1.29 is 9.47 Å². The normalized spacial score (nSPS) is 12.6. The van der Waals surface area contributed by atoms with Gasteiger partial charge in [-0.15, -0.1) is 10.2 Å². The zero-order valence-electron chi connectivity index (χ0n) is 17.0. The molecule has 0 spiro atoms. The van der Waals surface area contributed by atoms with E-state index < -0.39 is 0 Å². The van der Waals surface area contributed by atoms with E-state index in [4.69, 9.17) is 9.47 Å². The number of para-hydroxylation sites is 1. The van der Waals surface area contributed by atoms with Crippen LogP contribution in [0, 0.1) is 0 Å². The Morgan fingerprint density at radius 1 is 0.800 bits per heavy atom. The van der Waals surface area contributed by atoms with Crippen molar-refractivity contribution in [1.29, 1.82) is 0 Å². The van der Waals surface area contributed by atoms with Crippen LogP contribution in [0.4, 0.5) is 0 Å². The predicted molar refractivity (Wildman–Crippen MR) is 115 cm³/mol. The summed E-state index contributed by atoms with van der Waals surface area (Å²) in [5.74, 6) is 3.28. The first-order valence-electron chi connectivity index (χ1n) is 10.0. The average Bonchev–Trinajstić information content (AvgIpc) is 3.14. The minimum Gasteiger partial charge on any atom is -0.496 e. The van der Waals surface area contributed by atoms with Gasteiger partial charge in [-0.2, -0.15) is 0 Å². The number of methoxy groups -OCH3 is 2. The molecule has 0 N–H and O–H groups in total. The number of fused-ring (bicyclic) bond motifs is 3. The number of aryl methyl sites for hydroxylation is 2. The SMILES string of the molecule is COc1ccc2c(n1)CCCc1nnc(-c3ccc(-c4ccccc4OC)cc3)n1-2. The van der Waals surface area contributed by atoms with E-state index in [0.29, 0.717) is 5.88 Å². The van der Waals surface area contributed by atoms with Crippen LogP contribution in [-0.2, 0) is 12.8 Å². The highest BCUT2D eigenvalue weighted by Gasteiger charge is 2.22. The van der Waals surface area contributed by atoms with Gasteiger partial charge in [0.15, 0.2) is 5.82 Å². The number of pyridine rings is 1. The maximum atomic E-state index is 5.50. The highest BCUT2D eigenvalue weighted by Crippen LogP contribution is 2.33. The molecule has 1 aliphatic heterocycles. The second-order valence-corrected chi connectivity index (χ2v) is 7.23. The smallest absolute Gasteiger partial charge is 0.213 e. The van der Waals surface area contributed by atoms with Crippen LogP contribution in [0.1, 0.15) is 17.9 Å². The van der Waals surface area contributed by atoms with E-state index in [1.54, 1.807) is 14.2 Å². The standard InChI is InChI=1S/C24H22N4O2/c1-29-21-8-4-3-6-18(21)16-10-12-17(13-11-16)24-27-26-22-9-5-7-19-20(28(22)24)14-15-23(25-19)30-2/h3-4,6,8,10-15H,5,7,9H2,1-2H3.